The number of terminal acetylenes is 1. The van der Waals surface area contributed by atoms with Gasteiger partial charge in [0, 0.05) is 40.7 Å². The van der Waals surface area contributed by atoms with E-state index < -0.39 is 0 Å². The van der Waals surface area contributed by atoms with Crippen LogP contribution in [0, 0.1) is 12.3 Å². The summed E-state index contributed by atoms with van der Waals surface area (Å²) in [6, 6.07) is 8.71. The van der Waals surface area contributed by atoms with Crippen molar-refractivity contribution in [3.63, 3.8) is 0 Å². The van der Waals surface area contributed by atoms with Gasteiger partial charge in [0.2, 0.25) is 0 Å². The number of benzene rings is 1. The topological polar surface area (TPSA) is 54.0 Å². The van der Waals surface area contributed by atoms with E-state index in [1.54, 1.807) is 12.3 Å². The molecule has 4 rings (SSSR count). The second kappa shape index (κ2) is 5.11. The van der Waals surface area contributed by atoms with E-state index in [0.29, 0.717) is 17.8 Å². The number of carbonyl (C=O) groups is 1. The highest BCUT2D eigenvalue weighted by Gasteiger charge is 2.39. The maximum absolute atomic E-state index is 12.5. The average Bonchev–Trinajstić information content (AvgIpc) is 3.16. The second-order valence-corrected chi connectivity index (χ2v) is 6.10. The molecule has 1 aromatic heterocycles. The van der Waals surface area contributed by atoms with Gasteiger partial charge >= 0.3 is 0 Å². The summed E-state index contributed by atoms with van der Waals surface area (Å²) in [5.41, 5.74) is 1.22. The van der Waals surface area contributed by atoms with Crippen LogP contribution in [0.3, 0.4) is 0 Å². The van der Waals surface area contributed by atoms with Gasteiger partial charge in [-0.05, 0) is 31.4 Å². The van der Waals surface area contributed by atoms with Gasteiger partial charge in [0.1, 0.15) is 5.69 Å². The predicted octanol–water partition coefficient (Wildman–Crippen LogP) is 1.84. The predicted molar refractivity (Wildman–Crippen MR) is 85.5 cm³/mol. The Morgan fingerprint density at radius 1 is 1.41 bits per heavy atom. The van der Waals surface area contributed by atoms with E-state index >= 15 is 0 Å². The minimum atomic E-state index is -0.118. The van der Waals surface area contributed by atoms with Crippen molar-refractivity contribution in [2.45, 2.75) is 37.4 Å². The molecule has 4 heteroatoms. The molecule has 3 unspecified atom stereocenters. The molecule has 0 aliphatic carbocycles. The Morgan fingerprint density at radius 3 is 3.05 bits per heavy atom. The summed E-state index contributed by atoms with van der Waals surface area (Å²) in [6.45, 7) is 0. The molecule has 3 heterocycles. The first kappa shape index (κ1) is 13.3. The summed E-state index contributed by atoms with van der Waals surface area (Å²) >= 11 is 0. The third-order valence-electron chi connectivity index (χ3n) is 4.77. The molecule has 22 heavy (non-hydrogen) atoms. The number of pyridine rings is 1. The number of hydrogen-bond acceptors (Lipinski definition) is 3. The van der Waals surface area contributed by atoms with E-state index in [9.17, 15) is 4.79 Å². The Labute approximate surface area is 129 Å². The minimum Gasteiger partial charge on any atom is -0.346 e. The average molecular weight is 291 g/mol. The third kappa shape index (κ3) is 2.15. The zero-order valence-corrected chi connectivity index (χ0v) is 12.2. The molecule has 0 saturated carbocycles. The Hall–Kier alpha value is -2.38. The molecule has 4 nitrogen and oxygen atoms in total. The van der Waals surface area contributed by atoms with Crippen molar-refractivity contribution >= 4 is 16.7 Å². The molecule has 2 N–H and O–H groups in total. The molecule has 1 aromatic carbocycles. The van der Waals surface area contributed by atoms with Gasteiger partial charge in [0.25, 0.3) is 5.91 Å². The van der Waals surface area contributed by atoms with Crippen molar-refractivity contribution in [3.8, 4) is 12.3 Å². The molecular weight excluding hydrogens is 274 g/mol. The summed E-state index contributed by atoms with van der Waals surface area (Å²) < 4.78 is 0. The highest BCUT2D eigenvalue weighted by atomic mass is 16.2. The zero-order chi connectivity index (χ0) is 15.1. The first-order valence-electron chi connectivity index (χ1n) is 7.67. The smallest absolute Gasteiger partial charge is 0.270 e. The van der Waals surface area contributed by atoms with Gasteiger partial charge in [0.15, 0.2) is 0 Å². The van der Waals surface area contributed by atoms with Crippen LogP contribution in [-0.4, -0.2) is 29.0 Å². The number of aromatic nitrogens is 1. The van der Waals surface area contributed by atoms with Crippen LogP contribution in [0.4, 0.5) is 0 Å². The Morgan fingerprint density at radius 2 is 2.32 bits per heavy atom. The van der Waals surface area contributed by atoms with Crippen LogP contribution in [0.1, 0.15) is 35.3 Å². The van der Waals surface area contributed by atoms with Gasteiger partial charge in [0.05, 0.1) is 0 Å². The Kier molecular flexibility index (Phi) is 3.09. The van der Waals surface area contributed by atoms with E-state index in [2.05, 4.69) is 21.5 Å². The first-order valence-corrected chi connectivity index (χ1v) is 7.67. The molecule has 2 bridgehead atoms. The Balaban J connectivity index is 1.61. The lowest BCUT2D eigenvalue weighted by Crippen LogP contribution is -2.43. The van der Waals surface area contributed by atoms with Gasteiger partial charge in [-0.25, -0.2) is 0 Å². The summed E-state index contributed by atoms with van der Waals surface area (Å²) in [4.78, 5) is 16.8. The molecular formula is C18H17N3O. The lowest BCUT2D eigenvalue weighted by molar-refractivity contribution is 0.0926. The number of rotatable bonds is 2. The molecule has 2 aliphatic heterocycles. The van der Waals surface area contributed by atoms with E-state index in [1.165, 1.54) is 6.42 Å². The van der Waals surface area contributed by atoms with Crippen LogP contribution < -0.4 is 10.6 Å². The lowest BCUT2D eigenvalue weighted by Gasteiger charge is -2.21. The summed E-state index contributed by atoms with van der Waals surface area (Å²) in [7, 11) is 0. The molecule has 0 spiro atoms. The van der Waals surface area contributed by atoms with Crippen LogP contribution in [0.5, 0.6) is 0 Å². The second-order valence-electron chi connectivity index (χ2n) is 6.10. The molecule has 2 aromatic rings. The van der Waals surface area contributed by atoms with Crippen molar-refractivity contribution < 1.29 is 4.79 Å². The fraction of sp³-hybridized carbons (Fsp3) is 0.333. The molecule has 3 atom stereocenters. The number of carbonyl (C=O) groups excluding carboxylic acids is 1. The van der Waals surface area contributed by atoms with Gasteiger partial charge in [-0.15, -0.1) is 6.42 Å². The van der Waals surface area contributed by atoms with Crippen LogP contribution >= 0.6 is 0 Å². The fourth-order valence-corrected chi connectivity index (χ4v) is 3.65. The van der Waals surface area contributed by atoms with Crippen molar-refractivity contribution in [3.05, 3.63) is 41.7 Å². The van der Waals surface area contributed by atoms with Crippen LogP contribution in [0.2, 0.25) is 0 Å². The zero-order valence-electron chi connectivity index (χ0n) is 12.2. The van der Waals surface area contributed by atoms with Crippen molar-refractivity contribution in [1.29, 1.82) is 0 Å². The van der Waals surface area contributed by atoms with Crippen molar-refractivity contribution in [2.75, 3.05) is 0 Å². The Bertz CT molecular complexity index is 793. The van der Waals surface area contributed by atoms with Crippen molar-refractivity contribution in [1.82, 2.24) is 15.6 Å². The van der Waals surface area contributed by atoms with Crippen LogP contribution in [0.25, 0.3) is 10.8 Å². The molecule has 2 fully saturated rings. The van der Waals surface area contributed by atoms with Gasteiger partial charge in [-0.2, -0.15) is 0 Å². The molecule has 0 radical (unpaired) electrons. The normalized spacial score (nSPS) is 26.0. The van der Waals surface area contributed by atoms with E-state index in [-0.39, 0.29) is 11.9 Å². The molecule has 110 valence electrons. The largest absolute Gasteiger partial charge is 0.346 e. The highest BCUT2D eigenvalue weighted by Crippen LogP contribution is 2.28. The van der Waals surface area contributed by atoms with Gasteiger partial charge in [-0.3, -0.25) is 9.78 Å². The monoisotopic (exact) mass is 291 g/mol. The number of amides is 1. The standard InChI is InChI=1S/C18H17N3O/c1-2-11-4-3-5-12-10-19-17(9-14(11)12)18(22)21-16-8-13-6-7-15(16)20-13/h1,3-5,9-10,13,15-16,20H,6-8H2,(H,21,22). The summed E-state index contributed by atoms with van der Waals surface area (Å²) in [6.07, 6.45) is 10.6. The van der Waals surface area contributed by atoms with Gasteiger partial charge < -0.3 is 10.6 Å². The maximum atomic E-state index is 12.5. The molecule has 1 amide bonds. The molecule has 2 aliphatic rings. The number of nitrogens with zero attached hydrogens (tertiary/aromatic N) is 1. The van der Waals surface area contributed by atoms with Gasteiger partial charge in [-0.1, -0.05) is 18.1 Å². The minimum absolute atomic E-state index is 0.118. The van der Waals surface area contributed by atoms with E-state index in [0.717, 1.165) is 29.2 Å². The van der Waals surface area contributed by atoms with Crippen LogP contribution in [0.15, 0.2) is 30.5 Å². The van der Waals surface area contributed by atoms with E-state index in [4.69, 9.17) is 6.42 Å². The number of fused-ring (bicyclic) bond motifs is 3. The van der Waals surface area contributed by atoms with Crippen molar-refractivity contribution in [2.24, 2.45) is 0 Å². The SMILES string of the molecule is C#Cc1cccc2cnc(C(=O)NC3CC4CCC3N4)cc12. The number of nitrogens with one attached hydrogen (secondary N) is 2. The maximum Gasteiger partial charge on any atom is 0.270 e. The quantitative estimate of drug-likeness (QED) is 0.830. The fourth-order valence-electron chi connectivity index (χ4n) is 3.65. The van der Waals surface area contributed by atoms with Crippen LogP contribution in [-0.2, 0) is 0 Å². The number of hydrogen-bond donors (Lipinski definition) is 2. The first-order chi connectivity index (χ1) is 10.7. The third-order valence-corrected chi connectivity index (χ3v) is 4.77. The highest BCUT2D eigenvalue weighted by molar-refractivity contribution is 5.98. The molecule has 2 saturated heterocycles. The van der Waals surface area contributed by atoms with E-state index in [1.807, 2.05) is 18.2 Å². The summed E-state index contributed by atoms with van der Waals surface area (Å²) in [5.74, 6) is 2.54. The lowest BCUT2D eigenvalue weighted by atomic mass is 9.95. The summed E-state index contributed by atoms with van der Waals surface area (Å²) in [5, 5.41) is 8.49.